The van der Waals surface area contributed by atoms with Crippen molar-refractivity contribution in [1.82, 2.24) is 5.32 Å². The Kier molecular flexibility index (Phi) is 4.22. The average molecular weight is 231 g/mol. The van der Waals surface area contributed by atoms with Crippen LogP contribution >= 0.6 is 0 Å². The first kappa shape index (κ1) is 12.6. The van der Waals surface area contributed by atoms with Crippen molar-refractivity contribution in [3.63, 3.8) is 0 Å². The topological polar surface area (TPSA) is 12.0 Å². The standard InChI is InChI=1S/C16H25N/c1-12-4-5-15(10-13(12)2)11-16(17-3)9-8-14-6-7-14/h4-5,10,14,16-17H,6-9,11H2,1-3H3. The summed E-state index contributed by atoms with van der Waals surface area (Å²) in [5.74, 6) is 1.05. The summed E-state index contributed by atoms with van der Waals surface area (Å²) in [7, 11) is 2.10. The van der Waals surface area contributed by atoms with E-state index in [4.69, 9.17) is 0 Å². The number of hydrogen-bond acceptors (Lipinski definition) is 1. The Morgan fingerprint density at radius 1 is 1.24 bits per heavy atom. The maximum absolute atomic E-state index is 3.47. The zero-order valence-corrected chi connectivity index (χ0v) is 11.4. The van der Waals surface area contributed by atoms with Gasteiger partial charge in [0.15, 0.2) is 0 Å². The van der Waals surface area contributed by atoms with Gasteiger partial charge in [-0.2, -0.15) is 0 Å². The molecule has 1 N–H and O–H groups in total. The van der Waals surface area contributed by atoms with Crippen LogP contribution in [0.25, 0.3) is 0 Å². The molecule has 1 aromatic rings. The van der Waals surface area contributed by atoms with E-state index >= 15 is 0 Å². The van der Waals surface area contributed by atoms with Gasteiger partial charge in [-0.15, -0.1) is 0 Å². The van der Waals surface area contributed by atoms with Crippen molar-refractivity contribution < 1.29 is 0 Å². The van der Waals surface area contributed by atoms with Crippen LogP contribution in [0.1, 0.15) is 42.4 Å². The van der Waals surface area contributed by atoms with Gasteiger partial charge in [-0.3, -0.25) is 0 Å². The highest BCUT2D eigenvalue weighted by Crippen LogP contribution is 2.34. The monoisotopic (exact) mass is 231 g/mol. The van der Waals surface area contributed by atoms with Gasteiger partial charge in [0.1, 0.15) is 0 Å². The summed E-state index contributed by atoms with van der Waals surface area (Å²) in [5.41, 5.74) is 4.29. The molecular formula is C16H25N. The second-order valence-corrected chi connectivity index (χ2v) is 5.63. The first-order valence-corrected chi connectivity index (χ1v) is 6.92. The summed E-state index contributed by atoms with van der Waals surface area (Å²) in [6.45, 7) is 4.39. The van der Waals surface area contributed by atoms with E-state index in [0.717, 1.165) is 5.92 Å². The molecule has 0 aliphatic heterocycles. The summed E-state index contributed by atoms with van der Waals surface area (Å²) in [6.07, 6.45) is 6.86. The van der Waals surface area contributed by atoms with Gasteiger partial charge in [-0.05, 0) is 62.8 Å². The van der Waals surface area contributed by atoms with Crippen LogP contribution in [0.2, 0.25) is 0 Å². The van der Waals surface area contributed by atoms with Gasteiger partial charge in [0.05, 0.1) is 0 Å². The molecule has 1 fully saturated rings. The average Bonchev–Trinajstić information content (AvgIpc) is 3.13. The third-order valence-corrected chi connectivity index (χ3v) is 4.08. The quantitative estimate of drug-likeness (QED) is 0.788. The molecule has 94 valence electrons. The molecular weight excluding hydrogens is 206 g/mol. The zero-order valence-electron chi connectivity index (χ0n) is 11.4. The Morgan fingerprint density at radius 3 is 2.59 bits per heavy atom. The van der Waals surface area contributed by atoms with Crippen LogP contribution in [-0.4, -0.2) is 13.1 Å². The summed E-state index contributed by atoms with van der Waals surface area (Å²) < 4.78 is 0. The minimum atomic E-state index is 0.651. The lowest BCUT2D eigenvalue weighted by molar-refractivity contribution is 0.485. The van der Waals surface area contributed by atoms with Crippen molar-refractivity contribution in [2.75, 3.05) is 7.05 Å². The molecule has 1 aromatic carbocycles. The first-order chi connectivity index (χ1) is 8.19. The Hall–Kier alpha value is -0.820. The Bertz CT molecular complexity index is 366. The Morgan fingerprint density at radius 2 is 2.00 bits per heavy atom. The van der Waals surface area contributed by atoms with Crippen molar-refractivity contribution in [3.05, 3.63) is 34.9 Å². The van der Waals surface area contributed by atoms with Crippen LogP contribution in [0.3, 0.4) is 0 Å². The highest BCUT2D eigenvalue weighted by Gasteiger charge is 2.22. The van der Waals surface area contributed by atoms with Crippen LogP contribution in [-0.2, 0) is 6.42 Å². The number of hydrogen-bond donors (Lipinski definition) is 1. The number of benzene rings is 1. The number of nitrogens with one attached hydrogen (secondary N) is 1. The van der Waals surface area contributed by atoms with Crippen molar-refractivity contribution in [1.29, 1.82) is 0 Å². The maximum Gasteiger partial charge on any atom is 0.0105 e. The lowest BCUT2D eigenvalue weighted by atomic mass is 9.98. The molecule has 17 heavy (non-hydrogen) atoms. The number of aryl methyl sites for hydroxylation is 2. The molecule has 1 unspecified atom stereocenters. The molecule has 0 amide bonds. The van der Waals surface area contributed by atoms with E-state index in [9.17, 15) is 0 Å². The van der Waals surface area contributed by atoms with Crippen molar-refractivity contribution in [3.8, 4) is 0 Å². The SMILES string of the molecule is CNC(CCC1CC1)Cc1ccc(C)c(C)c1. The predicted octanol–water partition coefficient (Wildman–Crippen LogP) is 3.62. The van der Waals surface area contributed by atoms with Crippen molar-refractivity contribution >= 4 is 0 Å². The molecule has 0 aromatic heterocycles. The van der Waals surface area contributed by atoms with Crippen molar-refractivity contribution in [2.24, 2.45) is 5.92 Å². The summed E-state index contributed by atoms with van der Waals surface area (Å²) >= 11 is 0. The summed E-state index contributed by atoms with van der Waals surface area (Å²) in [4.78, 5) is 0. The van der Waals surface area contributed by atoms with E-state index in [-0.39, 0.29) is 0 Å². The Labute approximate surface area is 106 Å². The molecule has 0 heterocycles. The van der Waals surface area contributed by atoms with E-state index in [1.807, 2.05) is 0 Å². The van der Waals surface area contributed by atoms with E-state index in [0.29, 0.717) is 6.04 Å². The fraction of sp³-hybridized carbons (Fsp3) is 0.625. The van der Waals surface area contributed by atoms with E-state index in [2.05, 4.69) is 44.4 Å². The number of rotatable bonds is 6. The molecule has 0 spiro atoms. The smallest absolute Gasteiger partial charge is 0.0105 e. The second-order valence-electron chi connectivity index (χ2n) is 5.63. The molecule has 0 saturated heterocycles. The fourth-order valence-electron chi connectivity index (χ4n) is 2.41. The lowest BCUT2D eigenvalue weighted by Crippen LogP contribution is -2.27. The molecule has 2 rings (SSSR count). The van der Waals surface area contributed by atoms with E-state index < -0.39 is 0 Å². The first-order valence-electron chi connectivity index (χ1n) is 6.92. The van der Waals surface area contributed by atoms with Crippen LogP contribution in [0, 0.1) is 19.8 Å². The highest BCUT2D eigenvalue weighted by molar-refractivity contribution is 5.30. The highest BCUT2D eigenvalue weighted by atomic mass is 14.9. The minimum Gasteiger partial charge on any atom is -0.317 e. The zero-order chi connectivity index (χ0) is 12.3. The van der Waals surface area contributed by atoms with E-state index in [1.165, 1.54) is 48.8 Å². The molecule has 0 radical (unpaired) electrons. The van der Waals surface area contributed by atoms with Crippen LogP contribution in [0.5, 0.6) is 0 Å². The van der Waals surface area contributed by atoms with Crippen molar-refractivity contribution in [2.45, 2.75) is 52.0 Å². The lowest BCUT2D eigenvalue weighted by Gasteiger charge is -2.16. The van der Waals surface area contributed by atoms with Crippen LogP contribution in [0.4, 0.5) is 0 Å². The predicted molar refractivity (Wildman–Crippen MR) is 74.4 cm³/mol. The van der Waals surface area contributed by atoms with Crippen LogP contribution < -0.4 is 5.32 Å². The summed E-state index contributed by atoms with van der Waals surface area (Å²) in [6, 6.07) is 7.52. The third-order valence-electron chi connectivity index (χ3n) is 4.08. The normalized spacial score (nSPS) is 17.1. The molecule has 1 saturated carbocycles. The fourth-order valence-corrected chi connectivity index (χ4v) is 2.41. The van der Waals surface area contributed by atoms with Gasteiger partial charge in [0, 0.05) is 6.04 Å². The molecule has 1 aliphatic carbocycles. The Balaban J connectivity index is 1.89. The van der Waals surface area contributed by atoms with Gasteiger partial charge in [0.25, 0.3) is 0 Å². The molecule has 1 heteroatoms. The van der Waals surface area contributed by atoms with E-state index in [1.54, 1.807) is 0 Å². The number of likely N-dealkylation sites (N-methyl/N-ethyl adjacent to an activating group) is 1. The maximum atomic E-state index is 3.47. The third kappa shape index (κ3) is 3.85. The molecule has 1 nitrogen and oxygen atoms in total. The minimum absolute atomic E-state index is 0.651. The molecule has 1 atom stereocenters. The molecule has 1 aliphatic rings. The summed E-state index contributed by atoms with van der Waals surface area (Å²) in [5, 5.41) is 3.47. The van der Waals surface area contributed by atoms with Gasteiger partial charge in [0.2, 0.25) is 0 Å². The van der Waals surface area contributed by atoms with Gasteiger partial charge >= 0.3 is 0 Å². The van der Waals surface area contributed by atoms with Gasteiger partial charge in [-0.1, -0.05) is 31.0 Å². The van der Waals surface area contributed by atoms with Crippen LogP contribution in [0.15, 0.2) is 18.2 Å². The largest absolute Gasteiger partial charge is 0.317 e. The van der Waals surface area contributed by atoms with Gasteiger partial charge < -0.3 is 5.32 Å². The molecule has 0 bridgehead atoms. The van der Waals surface area contributed by atoms with Gasteiger partial charge in [-0.25, -0.2) is 0 Å². The second kappa shape index (κ2) is 5.68.